The van der Waals surface area contributed by atoms with Gasteiger partial charge in [-0.25, -0.2) is 0 Å². The Morgan fingerprint density at radius 1 is 1.16 bits per heavy atom. The summed E-state index contributed by atoms with van der Waals surface area (Å²) in [4.78, 5) is 13.7. The zero-order chi connectivity index (χ0) is 13.5. The average Bonchev–Trinajstić information content (AvgIpc) is 2.47. The molecule has 0 spiro atoms. The first-order chi connectivity index (χ1) is 9.29. The van der Waals surface area contributed by atoms with Gasteiger partial charge in [0.05, 0.1) is 6.61 Å². The van der Waals surface area contributed by atoms with E-state index in [4.69, 9.17) is 9.47 Å². The zero-order valence-corrected chi connectivity index (χ0v) is 11.2. The number of carbonyl (C=O) groups excluding carboxylic acids is 1. The van der Waals surface area contributed by atoms with E-state index in [1.54, 1.807) is 0 Å². The van der Waals surface area contributed by atoms with Crippen molar-refractivity contribution in [1.82, 2.24) is 10.2 Å². The Balaban J connectivity index is 1.79. The van der Waals surface area contributed by atoms with E-state index in [1.165, 1.54) is 0 Å². The minimum Gasteiger partial charge on any atom is -0.494 e. The van der Waals surface area contributed by atoms with Gasteiger partial charge in [-0.3, -0.25) is 4.79 Å². The molecule has 5 nitrogen and oxygen atoms in total. The molecule has 1 N–H and O–H groups in total. The lowest BCUT2D eigenvalue weighted by atomic mass is 10.3. The number of nitrogens with one attached hydrogen (secondary N) is 1. The molecule has 0 radical (unpaired) electrons. The molecule has 0 aliphatic carbocycles. The second-order valence-electron chi connectivity index (χ2n) is 4.32. The van der Waals surface area contributed by atoms with Crippen LogP contribution in [0.1, 0.15) is 6.92 Å². The molecule has 1 aromatic rings. The number of amides is 1. The van der Waals surface area contributed by atoms with Gasteiger partial charge in [0.2, 0.25) is 0 Å². The van der Waals surface area contributed by atoms with Crippen LogP contribution in [0.5, 0.6) is 11.5 Å². The Morgan fingerprint density at radius 3 is 2.32 bits per heavy atom. The molecule has 1 fully saturated rings. The molecule has 0 atom stereocenters. The molecule has 1 heterocycles. The van der Waals surface area contributed by atoms with Crippen LogP contribution in [-0.4, -0.2) is 50.2 Å². The van der Waals surface area contributed by atoms with E-state index in [2.05, 4.69) is 5.32 Å². The third-order valence-electron chi connectivity index (χ3n) is 2.97. The first-order valence-electron chi connectivity index (χ1n) is 6.63. The maximum absolute atomic E-state index is 11.9. The quantitative estimate of drug-likeness (QED) is 0.858. The number of ether oxygens (including phenoxy) is 2. The summed E-state index contributed by atoms with van der Waals surface area (Å²) < 4.78 is 10.8. The Labute approximate surface area is 113 Å². The summed E-state index contributed by atoms with van der Waals surface area (Å²) in [7, 11) is 0. The Hall–Kier alpha value is -1.75. The predicted molar refractivity (Wildman–Crippen MR) is 72.6 cm³/mol. The lowest BCUT2D eigenvalue weighted by molar-refractivity contribution is -0.133. The standard InChI is InChI=1S/C14H20N2O3/c1-2-18-12-3-5-13(6-4-12)19-11-14(17)16-9-7-15-8-10-16/h3-6,15H,2,7-11H2,1H3. The number of rotatable bonds is 5. The van der Waals surface area contributed by atoms with E-state index in [1.807, 2.05) is 36.1 Å². The highest BCUT2D eigenvalue weighted by atomic mass is 16.5. The third kappa shape index (κ3) is 4.13. The van der Waals surface area contributed by atoms with Gasteiger partial charge in [-0.15, -0.1) is 0 Å². The molecule has 0 saturated carbocycles. The number of nitrogens with zero attached hydrogens (tertiary/aromatic N) is 1. The first-order valence-corrected chi connectivity index (χ1v) is 6.63. The van der Waals surface area contributed by atoms with Crippen molar-refractivity contribution < 1.29 is 14.3 Å². The van der Waals surface area contributed by atoms with Gasteiger partial charge in [-0.2, -0.15) is 0 Å². The highest BCUT2D eigenvalue weighted by Crippen LogP contribution is 2.17. The predicted octanol–water partition coefficient (Wildman–Crippen LogP) is 0.896. The minimum atomic E-state index is 0.0374. The molecule has 0 aromatic heterocycles. The maximum Gasteiger partial charge on any atom is 0.260 e. The summed E-state index contributed by atoms with van der Waals surface area (Å²) >= 11 is 0. The van der Waals surface area contributed by atoms with Crippen LogP contribution in [0.15, 0.2) is 24.3 Å². The molecule has 104 valence electrons. The van der Waals surface area contributed by atoms with Gasteiger partial charge in [0.25, 0.3) is 5.91 Å². The lowest BCUT2D eigenvalue weighted by Gasteiger charge is -2.27. The van der Waals surface area contributed by atoms with Gasteiger partial charge in [0.1, 0.15) is 11.5 Å². The number of hydrogen-bond donors (Lipinski definition) is 1. The molecular formula is C14H20N2O3. The normalized spacial score (nSPS) is 15.1. The smallest absolute Gasteiger partial charge is 0.260 e. The fourth-order valence-electron chi connectivity index (χ4n) is 1.95. The van der Waals surface area contributed by atoms with Gasteiger partial charge in [0.15, 0.2) is 6.61 Å². The van der Waals surface area contributed by atoms with Gasteiger partial charge in [-0.1, -0.05) is 0 Å². The summed E-state index contributed by atoms with van der Waals surface area (Å²) in [6, 6.07) is 7.31. The summed E-state index contributed by atoms with van der Waals surface area (Å²) in [6.07, 6.45) is 0. The van der Waals surface area contributed by atoms with Gasteiger partial charge in [0, 0.05) is 26.2 Å². The van der Waals surface area contributed by atoms with Crippen LogP contribution < -0.4 is 14.8 Å². The third-order valence-corrected chi connectivity index (χ3v) is 2.97. The van der Waals surface area contributed by atoms with Crippen molar-refractivity contribution in [2.24, 2.45) is 0 Å². The highest BCUT2D eigenvalue weighted by Gasteiger charge is 2.16. The molecule has 19 heavy (non-hydrogen) atoms. The Morgan fingerprint density at radius 2 is 1.74 bits per heavy atom. The topological polar surface area (TPSA) is 50.8 Å². The molecule has 1 aliphatic heterocycles. The van der Waals surface area contributed by atoms with Crippen molar-refractivity contribution >= 4 is 5.91 Å². The molecule has 1 aromatic carbocycles. The zero-order valence-electron chi connectivity index (χ0n) is 11.2. The van der Waals surface area contributed by atoms with Crippen LogP contribution in [0.4, 0.5) is 0 Å². The molecule has 1 amide bonds. The SMILES string of the molecule is CCOc1ccc(OCC(=O)N2CCNCC2)cc1. The average molecular weight is 264 g/mol. The van der Waals surface area contributed by atoms with Crippen molar-refractivity contribution in [2.45, 2.75) is 6.92 Å². The van der Waals surface area contributed by atoms with Crippen LogP contribution in [0, 0.1) is 0 Å². The fraction of sp³-hybridized carbons (Fsp3) is 0.500. The van der Waals surface area contributed by atoms with Crippen molar-refractivity contribution in [1.29, 1.82) is 0 Å². The minimum absolute atomic E-state index is 0.0374. The highest BCUT2D eigenvalue weighted by molar-refractivity contribution is 5.77. The van der Waals surface area contributed by atoms with Gasteiger partial charge in [-0.05, 0) is 31.2 Å². The van der Waals surface area contributed by atoms with Crippen LogP contribution in [-0.2, 0) is 4.79 Å². The first kappa shape index (κ1) is 13.7. The van der Waals surface area contributed by atoms with Crippen molar-refractivity contribution in [3.63, 3.8) is 0 Å². The number of carbonyl (C=O) groups is 1. The van der Waals surface area contributed by atoms with E-state index in [0.717, 1.165) is 31.9 Å². The molecule has 0 unspecified atom stereocenters. The van der Waals surface area contributed by atoms with Crippen molar-refractivity contribution in [2.75, 3.05) is 39.4 Å². The molecule has 5 heteroatoms. The van der Waals surface area contributed by atoms with E-state index >= 15 is 0 Å². The van der Waals surface area contributed by atoms with E-state index in [-0.39, 0.29) is 12.5 Å². The molecular weight excluding hydrogens is 244 g/mol. The second-order valence-corrected chi connectivity index (χ2v) is 4.32. The summed E-state index contributed by atoms with van der Waals surface area (Å²) in [5.74, 6) is 1.53. The molecule has 0 bridgehead atoms. The van der Waals surface area contributed by atoms with Crippen LogP contribution in [0.25, 0.3) is 0 Å². The molecule has 2 rings (SSSR count). The monoisotopic (exact) mass is 264 g/mol. The van der Waals surface area contributed by atoms with E-state index in [0.29, 0.717) is 12.4 Å². The van der Waals surface area contributed by atoms with Gasteiger partial charge >= 0.3 is 0 Å². The van der Waals surface area contributed by atoms with Crippen LogP contribution >= 0.6 is 0 Å². The van der Waals surface area contributed by atoms with Crippen molar-refractivity contribution in [3.05, 3.63) is 24.3 Å². The number of hydrogen-bond acceptors (Lipinski definition) is 4. The number of benzene rings is 1. The summed E-state index contributed by atoms with van der Waals surface area (Å²) in [6.45, 7) is 5.90. The summed E-state index contributed by atoms with van der Waals surface area (Å²) in [5.41, 5.74) is 0. The van der Waals surface area contributed by atoms with E-state index < -0.39 is 0 Å². The number of piperazine rings is 1. The second kappa shape index (κ2) is 6.99. The van der Waals surface area contributed by atoms with Crippen molar-refractivity contribution in [3.8, 4) is 11.5 Å². The van der Waals surface area contributed by atoms with Crippen LogP contribution in [0.2, 0.25) is 0 Å². The largest absolute Gasteiger partial charge is 0.494 e. The fourth-order valence-corrected chi connectivity index (χ4v) is 1.95. The van der Waals surface area contributed by atoms with Crippen LogP contribution in [0.3, 0.4) is 0 Å². The summed E-state index contributed by atoms with van der Waals surface area (Å²) in [5, 5.41) is 3.21. The Kier molecular flexibility index (Phi) is 5.03. The van der Waals surface area contributed by atoms with E-state index in [9.17, 15) is 4.79 Å². The van der Waals surface area contributed by atoms with Gasteiger partial charge < -0.3 is 19.7 Å². The molecule has 1 aliphatic rings. The maximum atomic E-state index is 11.9. The lowest BCUT2D eigenvalue weighted by Crippen LogP contribution is -2.47. The Bertz CT molecular complexity index is 400. The molecule has 1 saturated heterocycles.